The van der Waals surface area contributed by atoms with Crippen molar-refractivity contribution in [2.24, 2.45) is 0 Å². The van der Waals surface area contributed by atoms with Gasteiger partial charge in [-0.3, -0.25) is 0 Å². The van der Waals surface area contributed by atoms with Crippen LogP contribution in [0, 0.1) is 5.82 Å². The van der Waals surface area contributed by atoms with E-state index in [9.17, 15) is 4.39 Å². The number of hydrogen-bond acceptors (Lipinski definition) is 5. The molecule has 0 unspecified atom stereocenters. The van der Waals surface area contributed by atoms with Gasteiger partial charge in [0.25, 0.3) is 0 Å². The number of nitrogen functional groups attached to an aromatic ring is 1. The zero-order valence-electron chi connectivity index (χ0n) is 16.3. The Bertz CT molecular complexity index is 1030. The Morgan fingerprint density at radius 3 is 2.57 bits per heavy atom. The van der Waals surface area contributed by atoms with Gasteiger partial charge in [0.05, 0.1) is 21.6 Å². The van der Waals surface area contributed by atoms with Gasteiger partial charge in [0, 0.05) is 11.6 Å². The summed E-state index contributed by atoms with van der Waals surface area (Å²) in [4.78, 5) is 9.34. The minimum absolute atomic E-state index is 0.0383. The lowest BCUT2D eigenvalue weighted by Crippen LogP contribution is -2.24. The zero-order valence-corrected chi connectivity index (χ0v) is 17.0. The second-order valence-corrected chi connectivity index (χ2v) is 8.72. The van der Waals surface area contributed by atoms with Crippen LogP contribution >= 0.6 is 11.6 Å². The quantitative estimate of drug-likeness (QED) is 0.645. The van der Waals surface area contributed by atoms with Gasteiger partial charge in [-0.2, -0.15) is 4.98 Å². The molecule has 0 spiro atoms. The van der Waals surface area contributed by atoms with E-state index in [2.05, 4.69) is 15.4 Å². The van der Waals surface area contributed by atoms with E-state index in [0.717, 1.165) is 12.8 Å². The van der Waals surface area contributed by atoms with Crippen LogP contribution in [0.5, 0.6) is 0 Å². The van der Waals surface area contributed by atoms with Crippen molar-refractivity contribution in [3.05, 3.63) is 29.0 Å². The summed E-state index contributed by atoms with van der Waals surface area (Å²) in [5.74, 6) is 0.511. The van der Waals surface area contributed by atoms with Crippen LogP contribution in [0.25, 0.3) is 22.3 Å². The second-order valence-electron chi connectivity index (χ2n) is 8.32. The molecule has 3 N–H and O–H groups in total. The highest BCUT2D eigenvalue weighted by molar-refractivity contribution is 6.31. The standard InChI is InChI=1S/C20H24ClFN6/c1-20(2,3)28-17(23)15-16(11-8-9-14(22)13(21)10-11)25-19(26-18(15)27-28)24-12-6-4-5-7-12/h8-10,12H,4-7,23H2,1-3H3,(H,24,26,27). The maximum Gasteiger partial charge on any atom is 0.225 e. The molecule has 3 aromatic rings. The second kappa shape index (κ2) is 6.88. The summed E-state index contributed by atoms with van der Waals surface area (Å²) in [5.41, 5.74) is 7.90. The van der Waals surface area contributed by atoms with Crippen LogP contribution in [-0.4, -0.2) is 25.8 Å². The van der Waals surface area contributed by atoms with Gasteiger partial charge >= 0.3 is 0 Å². The van der Waals surface area contributed by atoms with E-state index in [-0.39, 0.29) is 10.6 Å². The molecule has 1 aromatic carbocycles. The summed E-state index contributed by atoms with van der Waals surface area (Å²) in [6.07, 6.45) is 4.59. The number of rotatable bonds is 3. The molecule has 0 atom stereocenters. The third-order valence-corrected chi connectivity index (χ3v) is 5.38. The molecule has 2 aromatic heterocycles. The minimum Gasteiger partial charge on any atom is -0.383 e. The molecule has 6 nitrogen and oxygen atoms in total. The highest BCUT2D eigenvalue weighted by Crippen LogP contribution is 2.35. The van der Waals surface area contributed by atoms with Crippen LogP contribution in [0.2, 0.25) is 5.02 Å². The Hall–Kier alpha value is -2.41. The summed E-state index contributed by atoms with van der Waals surface area (Å²) < 4.78 is 15.4. The summed E-state index contributed by atoms with van der Waals surface area (Å²) in [6, 6.07) is 4.89. The molecule has 0 saturated heterocycles. The SMILES string of the molecule is CC(C)(C)n1nc2nc(NC3CCCC3)nc(-c3ccc(F)c(Cl)c3)c2c1N. The maximum absolute atomic E-state index is 13.7. The molecular formula is C20H24ClFN6. The summed E-state index contributed by atoms with van der Waals surface area (Å²) >= 11 is 6.02. The third-order valence-electron chi connectivity index (χ3n) is 5.09. The lowest BCUT2D eigenvalue weighted by molar-refractivity contribution is 0.364. The Kier molecular flexibility index (Phi) is 4.65. The molecule has 1 saturated carbocycles. The van der Waals surface area contributed by atoms with Crippen molar-refractivity contribution in [1.82, 2.24) is 19.7 Å². The molecule has 1 aliphatic rings. The monoisotopic (exact) mass is 402 g/mol. The number of benzene rings is 1. The van der Waals surface area contributed by atoms with E-state index in [4.69, 9.17) is 22.3 Å². The van der Waals surface area contributed by atoms with Crippen LogP contribution in [0.4, 0.5) is 16.2 Å². The van der Waals surface area contributed by atoms with Crippen LogP contribution in [0.3, 0.4) is 0 Å². The number of aromatic nitrogens is 4. The number of halogens is 2. The number of nitrogens with one attached hydrogen (secondary N) is 1. The lowest BCUT2D eigenvalue weighted by Gasteiger charge is -2.20. The highest BCUT2D eigenvalue weighted by atomic mass is 35.5. The third kappa shape index (κ3) is 3.39. The minimum atomic E-state index is -0.474. The largest absolute Gasteiger partial charge is 0.383 e. The van der Waals surface area contributed by atoms with Crippen molar-refractivity contribution in [3.8, 4) is 11.3 Å². The van der Waals surface area contributed by atoms with Gasteiger partial charge < -0.3 is 11.1 Å². The number of hydrogen-bond donors (Lipinski definition) is 2. The number of nitrogens with two attached hydrogens (primary N) is 1. The van der Waals surface area contributed by atoms with Crippen LogP contribution < -0.4 is 11.1 Å². The fourth-order valence-corrected chi connectivity index (χ4v) is 3.87. The van der Waals surface area contributed by atoms with Crippen molar-refractivity contribution in [2.45, 2.75) is 58.0 Å². The lowest BCUT2D eigenvalue weighted by atomic mass is 10.1. The van der Waals surface area contributed by atoms with Crippen molar-refractivity contribution in [2.75, 3.05) is 11.1 Å². The van der Waals surface area contributed by atoms with Crippen molar-refractivity contribution >= 4 is 34.4 Å². The maximum atomic E-state index is 13.7. The molecule has 8 heteroatoms. The smallest absolute Gasteiger partial charge is 0.225 e. The Balaban J connectivity index is 1.92. The topological polar surface area (TPSA) is 81.7 Å². The van der Waals surface area contributed by atoms with Crippen molar-refractivity contribution in [1.29, 1.82) is 0 Å². The van der Waals surface area contributed by atoms with E-state index in [1.54, 1.807) is 16.8 Å². The van der Waals surface area contributed by atoms with Gasteiger partial charge in [-0.05, 0) is 51.8 Å². The van der Waals surface area contributed by atoms with Gasteiger partial charge in [0.2, 0.25) is 5.95 Å². The summed E-state index contributed by atoms with van der Waals surface area (Å²) in [5, 5.41) is 8.74. The van der Waals surface area contributed by atoms with Crippen LogP contribution in [0.1, 0.15) is 46.5 Å². The van der Waals surface area contributed by atoms with Gasteiger partial charge in [-0.25, -0.2) is 14.1 Å². The first kappa shape index (κ1) is 18.9. The molecule has 148 valence electrons. The van der Waals surface area contributed by atoms with Gasteiger partial charge in [0.15, 0.2) is 5.65 Å². The van der Waals surface area contributed by atoms with Gasteiger partial charge in [0.1, 0.15) is 11.6 Å². The van der Waals surface area contributed by atoms with Crippen LogP contribution in [0.15, 0.2) is 18.2 Å². The number of nitrogens with zero attached hydrogens (tertiary/aromatic N) is 4. The van der Waals surface area contributed by atoms with Crippen molar-refractivity contribution < 1.29 is 4.39 Å². The predicted octanol–water partition coefficient (Wildman–Crippen LogP) is 4.98. The Labute approximate surface area is 168 Å². The normalized spacial score (nSPS) is 15.5. The van der Waals surface area contributed by atoms with E-state index >= 15 is 0 Å². The van der Waals surface area contributed by atoms with Crippen LogP contribution in [-0.2, 0) is 5.54 Å². The van der Waals surface area contributed by atoms with Gasteiger partial charge in [-0.1, -0.05) is 24.4 Å². The molecule has 1 aliphatic carbocycles. The molecule has 0 bridgehead atoms. The first-order valence-corrected chi connectivity index (χ1v) is 9.90. The Morgan fingerprint density at radius 2 is 1.93 bits per heavy atom. The Morgan fingerprint density at radius 1 is 1.21 bits per heavy atom. The molecule has 2 heterocycles. The van der Waals surface area contributed by atoms with Gasteiger partial charge in [-0.15, -0.1) is 5.10 Å². The van der Waals surface area contributed by atoms with E-state index < -0.39 is 5.82 Å². The average Bonchev–Trinajstić information content (AvgIpc) is 3.24. The number of fused-ring (bicyclic) bond motifs is 1. The molecule has 0 aliphatic heterocycles. The first-order chi connectivity index (χ1) is 13.2. The molecule has 0 amide bonds. The first-order valence-electron chi connectivity index (χ1n) is 9.53. The zero-order chi connectivity index (χ0) is 20.1. The molecule has 28 heavy (non-hydrogen) atoms. The molecule has 1 fully saturated rings. The number of anilines is 2. The average molecular weight is 403 g/mol. The summed E-state index contributed by atoms with van der Waals surface area (Å²) in [6.45, 7) is 6.07. The van der Waals surface area contributed by atoms with E-state index in [1.807, 2.05) is 20.8 Å². The van der Waals surface area contributed by atoms with Crippen molar-refractivity contribution in [3.63, 3.8) is 0 Å². The van der Waals surface area contributed by atoms with E-state index in [0.29, 0.717) is 40.1 Å². The fourth-order valence-electron chi connectivity index (χ4n) is 3.69. The van der Waals surface area contributed by atoms with E-state index in [1.165, 1.54) is 18.9 Å². The molecule has 0 radical (unpaired) electrons. The highest BCUT2D eigenvalue weighted by Gasteiger charge is 2.25. The summed E-state index contributed by atoms with van der Waals surface area (Å²) in [7, 11) is 0. The molecular weight excluding hydrogens is 379 g/mol. The predicted molar refractivity (Wildman–Crippen MR) is 111 cm³/mol. The fraction of sp³-hybridized carbons (Fsp3) is 0.450. The molecule has 4 rings (SSSR count).